The minimum absolute atomic E-state index is 0.0720. The Hall–Kier alpha value is -1.67. The molecule has 1 aromatic rings. The number of hydrogen-bond acceptors (Lipinski definition) is 4. The zero-order valence-corrected chi connectivity index (χ0v) is 13.5. The maximum Gasteiger partial charge on any atom is 0.321 e. The van der Waals surface area contributed by atoms with Gasteiger partial charge in [0.2, 0.25) is 10.0 Å². The molecule has 0 bridgehead atoms. The lowest BCUT2D eigenvalue weighted by Crippen LogP contribution is -2.40. The highest BCUT2D eigenvalue weighted by Crippen LogP contribution is 2.26. The molecule has 0 saturated heterocycles. The summed E-state index contributed by atoms with van der Waals surface area (Å²) >= 11 is 0. The summed E-state index contributed by atoms with van der Waals surface area (Å²) < 4.78 is 45.5. The lowest BCUT2D eigenvalue weighted by atomic mass is 10.1. The van der Waals surface area contributed by atoms with Gasteiger partial charge in [0.15, 0.2) is 11.6 Å². The second-order valence-electron chi connectivity index (χ2n) is 4.86. The van der Waals surface area contributed by atoms with E-state index in [4.69, 9.17) is 9.84 Å². The van der Waals surface area contributed by atoms with Gasteiger partial charge in [-0.15, -0.1) is 0 Å². The Balaban J connectivity index is 3.13. The van der Waals surface area contributed by atoms with Crippen LogP contribution in [0.3, 0.4) is 0 Å². The molecule has 0 aromatic heterocycles. The molecule has 0 aliphatic carbocycles. The Bertz CT molecular complexity index is 645. The van der Waals surface area contributed by atoms with E-state index in [0.717, 1.165) is 6.42 Å². The first kappa shape index (κ1) is 18.4. The average molecular weight is 333 g/mol. The highest BCUT2D eigenvalue weighted by atomic mass is 32.2. The first-order valence-electron chi connectivity index (χ1n) is 6.82. The van der Waals surface area contributed by atoms with Gasteiger partial charge in [-0.1, -0.05) is 19.8 Å². The largest absolute Gasteiger partial charge is 0.494 e. The van der Waals surface area contributed by atoms with Crippen molar-refractivity contribution in [1.82, 2.24) is 4.72 Å². The van der Waals surface area contributed by atoms with Gasteiger partial charge in [-0.3, -0.25) is 4.79 Å². The number of benzene rings is 1. The van der Waals surface area contributed by atoms with Crippen molar-refractivity contribution in [2.24, 2.45) is 0 Å². The third-order valence-electron chi connectivity index (χ3n) is 3.25. The summed E-state index contributed by atoms with van der Waals surface area (Å²) in [6, 6.07) is 1.14. The fourth-order valence-corrected chi connectivity index (χ4v) is 3.44. The van der Waals surface area contributed by atoms with E-state index in [9.17, 15) is 17.6 Å². The monoisotopic (exact) mass is 333 g/mol. The number of halogens is 1. The summed E-state index contributed by atoms with van der Waals surface area (Å²) in [5.41, 5.74) is -0.119. The number of ether oxygens (including phenoxy) is 1. The van der Waals surface area contributed by atoms with Gasteiger partial charge in [0.05, 0.1) is 12.0 Å². The van der Waals surface area contributed by atoms with Gasteiger partial charge in [0, 0.05) is 5.56 Å². The molecule has 2 N–H and O–H groups in total. The Kier molecular flexibility index (Phi) is 6.31. The van der Waals surface area contributed by atoms with E-state index in [1.807, 2.05) is 6.92 Å². The fourth-order valence-electron chi connectivity index (χ4n) is 1.98. The molecule has 0 fully saturated rings. The molecule has 22 heavy (non-hydrogen) atoms. The van der Waals surface area contributed by atoms with E-state index in [2.05, 4.69) is 4.72 Å². The molecule has 6 nitrogen and oxygen atoms in total. The maximum atomic E-state index is 14.0. The van der Waals surface area contributed by atoms with E-state index < -0.39 is 27.9 Å². The SMILES string of the molecule is CCCCC(NS(=O)(=O)c1ccc(OC)c(F)c1C)C(=O)O. The number of nitrogens with one attached hydrogen (secondary N) is 1. The Morgan fingerprint density at radius 2 is 2.09 bits per heavy atom. The number of carboxylic acid groups (broad SMARTS) is 1. The third-order valence-corrected chi connectivity index (χ3v) is 4.87. The van der Waals surface area contributed by atoms with Crippen molar-refractivity contribution < 1.29 is 27.4 Å². The van der Waals surface area contributed by atoms with Crippen LogP contribution < -0.4 is 9.46 Å². The fraction of sp³-hybridized carbons (Fsp3) is 0.500. The van der Waals surface area contributed by atoms with Gasteiger partial charge >= 0.3 is 5.97 Å². The summed E-state index contributed by atoms with van der Waals surface area (Å²) in [5, 5.41) is 9.10. The van der Waals surface area contributed by atoms with Gasteiger partial charge in [-0.05, 0) is 25.5 Å². The highest BCUT2D eigenvalue weighted by Gasteiger charge is 2.27. The molecule has 1 atom stereocenters. The van der Waals surface area contributed by atoms with Crippen LogP contribution in [0.25, 0.3) is 0 Å². The number of sulfonamides is 1. The highest BCUT2D eigenvalue weighted by molar-refractivity contribution is 7.89. The lowest BCUT2D eigenvalue weighted by molar-refractivity contribution is -0.139. The van der Waals surface area contributed by atoms with Crippen LogP contribution in [-0.2, 0) is 14.8 Å². The van der Waals surface area contributed by atoms with Crippen molar-refractivity contribution in [3.8, 4) is 5.75 Å². The van der Waals surface area contributed by atoms with Crippen molar-refractivity contribution in [3.63, 3.8) is 0 Å². The lowest BCUT2D eigenvalue weighted by Gasteiger charge is -2.16. The molecular formula is C14H20FNO5S. The Labute approximate surface area is 129 Å². The molecule has 1 unspecified atom stereocenters. The molecule has 0 aliphatic heterocycles. The van der Waals surface area contributed by atoms with Gasteiger partial charge in [0.25, 0.3) is 0 Å². The van der Waals surface area contributed by atoms with Crippen molar-refractivity contribution >= 4 is 16.0 Å². The standard InChI is InChI=1S/C14H20FNO5S/c1-4-5-6-10(14(17)18)16-22(19,20)12-8-7-11(21-3)13(15)9(12)2/h7-8,10,16H,4-6H2,1-3H3,(H,17,18). The number of carboxylic acids is 1. The van der Waals surface area contributed by atoms with Crippen LogP contribution >= 0.6 is 0 Å². The van der Waals surface area contributed by atoms with Crippen LogP contribution in [0.5, 0.6) is 5.75 Å². The van der Waals surface area contributed by atoms with Crippen LogP contribution in [0.15, 0.2) is 17.0 Å². The van der Waals surface area contributed by atoms with Gasteiger partial charge in [-0.2, -0.15) is 4.72 Å². The van der Waals surface area contributed by atoms with Gasteiger partial charge in [0.1, 0.15) is 6.04 Å². The number of unbranched alkanes of at least 4 members (excludes halogenated alkanes) is 1. The van der Waals surface area contributed by atoms with Crippen molar-refractivity contribution in [2.75, 3.05) is 7.11 Å². The summed E-state index contributed by atoms with van der Waals surface area (Å²) in [5.74, 6) is -2.12. The predicted molar refractivity (Wildman–Crippen MR) is 79.0 cm³/mol. The number of hydrogen-bond donors (Lipinski definition) is 2. The summed E-state index contributed by atoms with van der Waals surface area (Å²) in [6.07, 6.45) is 1.47. The summed E-state index contributed by atoms with van der Waals surface area (Å²) in [4.78, 5) is 10.8. The van der Waals surface area contributed by atoms with Crippen molar-refractivity contribution in [3.05, 3.63) is 23.5 Å². The zero-order chi connectivity index (χ0) is 16.9. The quantitative estimate of drug-likeness (QED) is 0.760. The molecule has 0 spiro atoms. The Morgan fingerprint density at radius 1 is 1.45 bits per heavy atom. The molecule has 1 aromatic carbocycles. The first-order valence-corrected chi connectivity index (χ1v) is 8.31. The van der Waals surface area contributed by atoms with E-state index in [1.165, 1.54) is 26.2 Å². The molecule has 8 heteroatoms. The number of rotatable bonds is 8. The number of aliphatic carboxylic acids is 1. The third kappa shape index (κ3) is 4.17. The van der Waals surface area contributed by atoms with E-state index in [-0.39, 0.29) is 22.6 Å². The molecule has 0 radical (unpaired) electrons. The molecule has 124 valence electrons. The summed E-state index contributed by atoms with van der Waals surface area (Å²) in [6.45, 7) is 3.17. The van der Waals surface area contributed by atoms with Gasteiger partial charge < -0.3 is 9.84 Å². The molecule has 0 heterocycles. The topological polar surface area (TPSA) is 92.7 Å². The predicted octanol–water partition coefficient (Wildman–Crippen LogP) is 2.06. The van der Waals surface area contributed by atoms with Crippen molar-refractivity contribution in [2.45, 2.75) is 44.0 Å². The van der Waals surface area contributed by atoms with Crippen LogP contribution in [0.2, 0.25) is 0 Å². The number of carbonyl (C=O) groups is 1. The molecule has 0 amide bonds. The van der Waals surface area contributed by atoms with E-state index >= 15 is 0 Å². The van der Waals surface area contributed by atoms with Crippen LogP contribution in [-0.4, -0.2) is 32.6 Å². The Morgan fingerprint density at radius 3 is 2.59 bits per heavy atom. The second-order valence-corrected chi connectivity index (χ2v) is 6.54. The van der Waals surface area contributed by atoms with Crippen LogP contribution in [0, 0.1) is 12.7 Å². The normalized spacial score (nSPS) is 12.9. The number of methoxy groups -OCH3 is 1. The second kappa shape index (κ2) is 7.55. The maximum absolute atomic E-state index is 14.0. The van der Waals surface area contributed by atoms with Crippen molar-refractivity contribution in [1.29, 1.82) is 0 Å². The minimum Gasteiger partial charge on any atom is -0.494 e. The smallest absolute Gasteiger partial charge is 0.321 e. The molecular weight excluding hydrogens is 313 g/mol. The zero-order valence-electron chi connectivity index (χ0n) is 12.7. The first-order chi connectivity index (χ1) is 10.2. The summed E-state index contributed by atoms with van der Waals surface area (Å²) in [7, 11) is -2.87. The molecule has 0 aliphatic rings. The van der Waals surface area contributed by atoms with Crippen LogP contribution in [0.4, 0.5) is 4.39 Å². The minimum atomic E-state index is -4.14. The molecule has 1 rings (SSSR count). The average Bonchev–Trinajstić information content (AvgIpc) is 2.45. The van der Waals surface area contributed by atoms with Crippen LogP contribution in [0.1, 0.15) is 31.7 Å². The van der Waals surface area contributed by atoms with Gasteiger partial charge in [-0.25, -0.2) is 12.8 Å². The van der Waals surface area contributed by atoms with E-state index in [0.29, 0.717) is 6.42 Å². The van der Waals surface area contributed by atoms with E-state index in [1.54, 1.807) is 0 Å². The molecule has 0 saturated carbocycles.